The average molecular weight is 360 g/mol. The van der Waals surface area contributed by atoms with E-state index in [1.807, 2.05) is 25.7 Å². The number of hydrogen-bond donors (Lipinski definition) is 0. The Kier molecular flexibility index (Phi) is 4.53. The van der Waals surface area contributed by atoms with Crippen LogP contribution in [0.15, 0.2) is 12.4 Å². The summed E-state index contributed by atoms with van der Waals surface area (Å²) in [6, 6.07) is 0. The van der Waals surface area contributed by atoms with Crippen LogP contribution in [0.25, 0.3) is 10.3 Å². The second-order valence-corrected chi connectivity index (χ2v) is 8.74. The first-order chi connectivity index (χ1) is 11.7. The zero-order valence-electron chi connectivity index (χ0n) is 15.4. The van der Waals surface area contributed by atoms with Gasteiger partial charge < -0.3 is 9.80 Å². The maximum Gasteiger partial charge on any atom is 0.263 e. The molecule has 0 aliphatic carbocycles. The van der Waals surface area contributed by atoms with Crippen molar-refractivity contribution in [3.05, 3.63) is 22.8 Å². The van der Waals surface area contributed by atoms with Gasteiger partial charge in [0.25, 0.3) is 5.91 Å². The van der Waals surface area contributed by atoms with Gasteiger partial charge in [0.05, 0.1) is 4.88 Å². The van der Waals surface area contributed by atoms with Crippen molar-refractivity contribution < 1.29 is 9.59 Å². The minimum Gasteiger partial charge on any atom is -0.344 e. The minimum absolute atomic E-state index is 0.0274. The Morgan fingerprint density at radius 3 is 2.56 bits per heavy atom. The van der Waals surface area contributed by atoms with Crippen LogP contribution in [-0.2, 0) is 4.79 Å². The van der Waals surface area contributed by atoms with Gasteiger partial charge in [-0.05, 0) is 6.42 Å². The van der Waals surface area contributed by atoms with E-state index in [1.165, 1.54) is 11.3 Å². The van der Waals surface area contributed by atoms with Crippen molar-refractivity contribution in [3.63, 3.8) is 0 Å². The van der Waals surface area contributed by atoms with Gasteiger partial charge in [-0.15, -0.1) is 11.3 Å². The number of likely N-dealkylation sites (tertiary alicyclic amines) is 1. The Bertz CT molecular complexity index is 822. The third-order valence-corrected chi connectivity index (χ3v) is 5.58. The van der Waals surface area contributed by atoms with Crippen LogP contribution in [0, 0.1) is 5.41 Å². The van der Waals surface area contributed by atoms with E-state index in [-0.39, 0.29) is 17.7 Å². The maximum atomic E-state index is 12.7. The highest BCUT2D eigenvalue weighted by atomic mass is 32.1. The van der Waals surface area contributed by atoms with Crippen molar-refractivity contribution in [1.82, 2.24) is 19.8 Å². The molecule has 1 atom stereocenters. The maximum absolute atomic E-state index is 12.7. The molecule has 0 N–H and O–H groups in total. The number of amides is 2. The molecule has 2 aromatic heterocycles. The van der Waals surface area contributed by atoms with Crippen molar-refractivity contribution in [2.45, 2.75) is 33.1 Å². The van der Waals surface area contributed by atoms with Crippen LogP contribution in [0.1, 0.15) is 48.3 Å². The lowest BCUT2D eigenvalue weighted by Gasteiger charge is -2.25. The first kappa shape index (κ1) is 17.8. The summed E-state index contributed by atoms with van der Waals surface area (Å²) in [5.41, 5.74) is 1.36. The van der Waals surface area contributed by atoms with Gasteiger partial charge in [-0.25, -0.2) is 4.98 Å². The molecule has 1 unspecified atom stereocenters. The monoisotopic (exact) mass is 360 g/mol. The van der Waals surface area contributed by atoms with Gasteiger partial charge in [-0.2, -0.15) is 0 Å². The number of carbonyl (C=O) groups is 2. The third kappa shape index (κ3) is 3.25. The van der Waals surface area contributed by atoms with Crippen LogP contribution >= 0.6 is 11.3 Å². The number of thiophene rings is 1. The molecule has 7 heteroatoms. The number of carbonyl (C=O) groups excluding carboxylic acids is 2. The molecule has 6 nitrogen and oxygen atoms in total. The van der Waals surface area contributed by atoms with Crippen LogP contribution in [0.3, 0.4) is 0 Å². The predicted molar refractivity (Wildman–Crippen MR) is 98.8 cm³/mol. The SMILES string of the molecule is CN(C)C(=O)c1sc2nccnc2c1C1CCN(C(=O)C(C)(C)C)C1. The molecular formula is C18H24N4O2S. The van der Waals surface area contributed by atoms with E-state index < -0.39 is 5.41 Å². The van der Waals surface area contributed by atoms with Crippen LogP contribution in [-0.4, -0.2) is 58.8 Å². The molecular weight excluding hydrogens is 336 g/mol. The molecule has 0 aromatic carbocycles. The standard InChI is InChI=1S/C18H24N4O2S/c1-18(2,3)17(24)22-9-6-11(10-22)12-13-15(20-8-7-19-13)25-14(12)16(23)21(4)5/h7-8,11H,6,9-10H2,1-5H3. The van der Waals surface area contributed by atoms with E-state index in [2.05, 4.69) is 9.97 Å². The van der Waals surface area contributed by atoms with Crippen molar-refractivity contribution in [1.29, 1.82) is 0 Å². The largest absolute Gasteiger partial charge is 0.344 e. The fraction of sp³-hybridized carbons (Fsp3) is 0.556. The molecule has 1 saturated heterocycles. The van der Waals surface area contributed by atoms with Crippen molar-refractivity contribution in [2.75, 3.05) is 27.2 Å². The molecule has 25 heavy (non-hydrogen) atoms. The molecule has 1 fully saturated rings. The van der Waals surface area contributed by atoms with Crippen LogP contribution in [0.2, 0.25) is 0 Å². The number of nitrogens with zero attached hydrogens (tertiary/aromatic N) is 4. The summed E-state index contributed by atoms with van der Waals surface area (Å²) in [7, 11) is 3.50. The Balaban J connectivity index is 2.00. The zero-order valence-corrected chi connectivity index (χ0v) is 16.2. The summed E-state index contributed by atoms with van der Waals surface area (Å²) in [6.45, 7) is 7.17. The van der Waals surface area contributed by atoms with Gasteiger partial charge in [0.2, 0.25) is 5.91 Å². The van der Waals surface area contributed by atoms with E-state index in [0.29, 0.717) is 18.0 Å². The van der Waals surface area contributed by atoms with Gasteiger partial charge in [-0.1, -0.05) is 20.8 Å². The highest BCUT2D eigenvalue weighted by Crippen LogP contribution is 2.39. The molecule has 134 valence electrons. The summed E-state index contributed by atoms with van der Waals surface area (Å²) in [6.07, 6.45) is 4.16. The number of aromatic nitrogens is 2. The number of hydrogen-bond acceptors (Lipinski definition) is 5. The fourth-order valence-corrected chi connectivity index (χ4v) is 4.45. The van der Waals surface area contributed by atoms with Crippen molar-refractivity contribution >= 4 is 33.5 Å². The van der Waals surface area contributed by atoms with E-state index in [4.69, 9.17) is 0 Å². The summed E-state index contributed by atoms with van der Waals surface area (Å²) < 4.78 is 0. The molecule has 0 bridgehead atoms. The van der Waals surface area contributed by atoms with Crippen LogP contribution in [0.5, 0.6) is 0 Å². The first-order valence-electron chi connectivity index (χ1n) is 8.44. The summed E-state index contributed by atoms with van der Waals surface area (Å²) in [5.74, 6) is 0.247. The smallest absolute Gasteiger partial charge is 0.263 e. The fourth-order valence-electron chi connectivity index (χ4n) is 3.24. The van der Waals surface area contributed by atoms with E-state index >= 15 is 0 Å². The van der Waals surface area contributed by atoms with Gasteiger partial charge >= 0.3 is 0 Å². The van der Waals surface area contributed by atoms with Crippen molar-refractivity contribution in [3.8, 4) is 0 Å². The number of fused-ring (bicyclic) bond motifs is 1. The highest BCUT2D eigenvalue weighted by molar-refractivity contribution is 7.20. The molecule has 0 spiro atoms. The van der Waals surface area contributed by atoms with Crippen LogP contribution in [0.4, 0.5) is 0 Å². The van der Waals surface area contributed by atoms with Gasteiger partial charge in [0.15, 0.2) is 0 Å². The molecule has 1 aliphatic rings. The lowest BCUT2D eigenvalue weighted by Crippen LogP contribution is -2.37. The quantitative estimate of drug-likeness (QED) is 0.826. The Labute approximate surface area is 151 Å². The summed E-state index contributed by atoms with van der Waals surface area (Å²) in [5, 5.41) is 0. The highest BCUT2D eigenvalue weighted by Gasteiger charge is 2.36. The number of rotatable bonds is 2. The molecule has 0 saturated carbocycles. The second kappa shape index (κ2) is 6.37. The van der Waals surface area contributed by atoms with E-state index in [9.17, 15) is 9.59 Å². The molecule has 0 radical (unpaired) electrons. The normalized spacial score (nSPS) is 18.0. The molecule has 2 amide bonds. The van der Waals surface area contributed by atoms with Gasteiger partial charge in [0, 0.05) is 56.5 Å². The Morgan fingerprint density at radius 2 is 1.92 bits per heavy atom. The Morgan fingerprint density at radius 1 is 1.24 bits per heavy atom. The lowest BCUT2D eigenvalue weighted by atomic mass is 9.94. The summed E-state index contributed by atoms with van der Waals surface area (Å²) in [4.78, 5) is 39.1. The summed E-state index contributed by atoms with van der Waals surface area (Å²) >= 11 is 1.39. The molecule has 3 heterocycles. The molecule has 3 rings (SSSR count). The second-order valence-electron chi connectivity index (χ2n) is 7.74. The lowest BCUT2D eigenvalue weighted by molar-refractivity contribution is -0.138. The predicted octanol–water partition coefficient (Wildman–Crippen LogP) is 2.76. The van der Waals surface area contributed by atoms with E-state index in [1.54, 1.807) is 31.4 Å². The third-order valence-electron chi connectivity index (χ3n) is 4.49. The average Bonchev–Trinajstić information content (AvgIpc) is 3.16. The topological polar surface area (TPSA) is 66.4 Å². The minimum atomic E-state index is -0.395. The van der Waals surface area contributed by atoms with E-state index in [0.717, 1.165) is 22.3 Å². The van der Waals surface area contributed by atoms with Crippen LogP contribution < -0.4 is 0 Å². The van der Waals surface area contributed by atoms with Gasteiger partial charge in [0.1, 0.15) is 10.3 Å². The molecule has 1 aliphatic heterocycles. The Hall–Kier alpha value is -2.02. The van der Waals surface area contributed by atoms with Gasteiger partial charge in [-0.3, -0.25) is 14.6 Å². The molecule has 2 aromatic rings. The first-order valence-corrected chi connectivity index (χ1v) is 9.26. The zero-order chi connectivity index (χ0) is 18.4. The van der Waals surface area contributed by atoms with Crippen molar-refractivity contribution in [2.24, 2.45) is 5.41 Å².